The lowest BCUT2D eigenvalue weighted by atomic mass is 9.98. The average molecular weight is 502 g/mol. The van der Waals surface area contributed by atoms with Crippen LogP contribution in [0.1, 0.15) is 26.3 Å². The summed E-state index contributed by atoms with van der Waals surface area (Å²) in [5.41, 5.74) is 5.32. The number of aliphatic imine (C=N–C) groups is 1. The van der Waals surface area contributed by atoms with Gasteiger partial charge in [-0.25, -0.2) is 5.10 Å². The van der Waals surface area contributed by atoms with E-state index < -0.39 is 0 Å². The molecule has 37 heavy (non-hydrogen) atoms. The Bertz CT molecular complexity index is 1420. The lowest BCUT2D eigenvalue weighted by Gasteiger charge is -2.33. The van der Waals surface area contributed by atoms with Crippen molar-refractivity contribution in [2.75, 3.05) is 20.8 Å². The molecule has 1 aliphatic rings. The average Bonchev–Trinajstić information content (AvgIpc) is 3.57. The van der Waals surface area contributed by atoms with Crippen LogP contribution in [0.2, 0.25) is 0 Å². The van der Waals surface area contributed by atoms with Crippen LogP contribution in [0.15, 0.2) is 53.5 Å². The van der Waals surface area contributed by atoms with Gasteiger partial charge in [0.05, 0.1) is 20.1 Å². The Hall–Kier alpha value is -4.22. The molecule has 0 amide bonds. The van der Waals surface area contributed by atoms with Gasteiger partial charge in [-0.1, -0.05) is 67.0 Å². The number of hydrogen-bond acceptors (Lipinski definition) is 9. The molecule has 11 nitrogen and oxygen atoms in total. The highest BCUT2D eigenvalue weighted by Gasteiger charge is 2.52. The van der Waals surface area contributed by atoms with Crippen LogP contribution < -0.4 is 14.1 Å². The first-order valence-corrected chi connectivity index (χ1v) is 12.1. The van der Waals surface area contributed by atoms with Gasteiger partial charge in [-0.3, -0.25) is 0 Å². The van der Waals surface area contributed by atoms with Crippen LogP contribution >= 0.6 is 0 Å². The molecule has 0 bridgehead atoms. The van der Waals surface area contributed by atoms with Crippen molar-refractivity contribution < 1.29 is 14.3 Å². The van der Waals surface area contributed by atoms with E-state index in [1.165, 1.54) is 0 Å². The normalized spacial score (nSPS) is 16.5. The molecule has 11 heteroatoms. The fraction of sp³-hybridized carbons (Fsp3) is 0.308. The van der Waals surface area contributed by atoms with Gasteiger partial charge in [-0.15, -0.1) is 15.3 Å². The predicted molar refractivity (Wildman–Crippen MR) is 139 cm³/mol. The number of nitrogens with zero attached hydrogens (tertiary/aromatic N) is 7. The summed E-state index contributed by atoms with van der Waals surface area (Å²) in [5, 5.41) is 22.8. The number of amidine groups is 1. The zero-order valence-corrected chi connectivity index (χ0v) is 21.5. The van der Waals surface area contributed by atoms with Gasteiger partial charge in [0, 0.05) is 11.1 Å². The molecule has 1 N–H and O–H groups in total. The van der Waals surface area contributed by atoms with E-state index in [1.54, 1.807) is 14.2 Å². The molecule has 0 saturated heterocycles. The molecular formula is C26H29N8O3+. The maximum absolute atomic E-state index is 6.50. The Labute approximate surface area is 214 Å². The third kappa shape index (κ3) is 4.21. The number of methoxy groups -OCH3 is 2. The van der Waals surface area contributed by atoms with E-state index in [2.05, 4.69) is 75.0 Å². The van der Waals surface area contributed by atoms with Crippen molar-refractivity contribution in [3.05, 3.63) is 54.1 Å². The third-order valence-electron chi connectivity index (χ3n) is 6.27. The van der Waals surface area contributed by atoms with Gasteiger partial charge in [0.2, 0.25) is 11.5 Å². The van der Waals surface area contributed by atoms with Crippen molar-refractivity contribution >= 4 is 17.2 Å². The first-order chi connectivity index (χ1) is 18.0. The largest absolute Gasteiger partial charge is 0.478 e. The van der Waals surface area contributed by atoms with Gasteiger partial charge in [0.25, 0.3) is 11.6 Å². The van der Waals surface area contributed by atoms with E-state index in [-0.39, 0.29) is 10.6 Å². The monoisotopic (exact) mass is 501 g/mol. The lowest BCUT2D eigenvalue weighted by Crippen LogP contribution is -2.53. The van der Waals surface area contributed by atoms with Gasteiger partial charge < -0.3 is 9.47 Å². The number of nitrogens with one attached hydrogen (secondary N) is 1. The van der Waals surface area contributed by atoms with Crippen LogP contribution in [-0.4, -0.2) is 57.5 Å². The second kappa shape index (κ2) is 10.0. The minimum atomic E-state index is 0.0260. The molecule has 0 saturated carbocycles. The highest BCUT2D eigenvalue weighted by Crippen LogP contribution is 2.52. The second-order valence-electron chi connectivity index (χ2n) is 8.85. The number of quaternary nitrogens is 1. The number of fused-ring (bicyclic) bond motifs is 1. The van der Waals surface area contributed by atoms with Crippen molar-refractivity contribution in [3.8, 4) is 34.3 Å². The van der Waals surface area contributed by atoms with E-state index in [0.29, 0.717) is 42.1 Å². The second-order valence-corrected chi connectivity index (χ2v) is 8.85. The van der Waals surface area contributed by atoms with E-state index in [9.17, 15) is 0 Å². The molecule has 0 radical (unpaired) electrons. The standard InChI is InChI=1S/C26H29N8O3/c1-6-37-34(22-21(27-24(34)16(2)3)25(35-4)30-31-26(22)36-5)15-17-11-13-18(14-12-17)19-9-7-8-10-20(19)23-28-32-33-29-23/h7-14,16H,6,15H2,1-5H3,(H,28,29,32,33)/q+1. The van der Waals surface area contributed by atoms with Crippen LogP contribution in [0.25, 0.3) is 22.5 Å². The summed E-state index contributed by atoms with van der Waals surface area (Å²) in [4.78, 5) is 11.4. The number of benzene rings is 2. The van der Waals surface area contributed by atoms with Gasteiger partial charge >= 0.3 is 5.88 Å². The number of tetrazole rings is 1. The van der Waals surface area contributed by atoms with Crippen molar-refractivity contribution in [3.63, 3.8) is 0 Å². The molecule has 4 aromatic rings. The first-order valence-electron chi connectivity index (χ1n) is 12.1. The molecule has 0 aliphatic carbocycles. The Morgan fingerprint density at radius 2 is 1.59 bits per heavy atom. The molecule has 0 fully saturated rings. The third-order valence-corrected chi connectivity index (χ3v) is 6.27. The van der Waals surface area contributed by atoms with E-state index >= 15 is 0 Å². The molecular weight excluding hydrogens is 472 g/mol. The highest BCUT2D eigenvalue weighted by atomic mass is 16.7. The number of aromatic amines is 1. The van der Waals surface area contributed by atoms with Gasteiger partial charge in [0.15, 0.2) is 5.82 Å². The summed E-state index contributed by atoms with van der Waals surface area (Å²) >= 11 is 0. The fourth-order valence-corrected chi connectivity index (χ4v) is 4.76. The SMILES string of the molecule is CCO[N+]1(Cc2ccc(-c3ccccc3-c3nnn[nH]3)cc2)C(C(C)C)=Nc2c(OC)nnc(OC)c21. The van der Waals surface area contributed by atoms with Crippen molar-refractivity contribution in [2.45, 2.75) is 27.3 Å². The summed E-state index contributed by atoms with van der Waals surface area (Å²) in [6, 6.07) is 16.4. The summed E-state index contributed by atoms with van der Waals surface area (Å²) in [7, 11) is 3.13. The summed E-state index contributed by atoms with van der Waals surface area (Å²) in [6.45, 7) is 7.09. The molecule has 0 spiro atoms. The maximum atomic E-state index is 6.50. The Morgan fingerprint density at radius 1 is 0.892 bits per heavy atom. The summed E-state index contributed by atoms with van der Waals surface area (Å²) in [6.07, 6.45) is 0. The quantitative estimate of drug-likeness (QED) is 0.333. The van der Waals surface area contributed by atoms with Crippen molar-refractivity contribution in [2.24, 2.45) is 10.9 Å². The van der Waals surface area contributed by atoms with Crippen molar-refractivity contribution in [1.82, 2.24) is 35.5 Å². The number of hydrogen-bond donors (Lipinski definition) is 1. The minimum absolute atomic E-state index is 0.0260. The zero-order chi connectivity index (χ0) is 26.0. The van der Waals surface area contributed by atoms with Crippen molar-refractivity contribution in [1.29, 1.82) is 0 Å². The van der Waals surface area contributed by atoms with E-state index in [0.717, 1.165) is 28.1 Å². The summed E-state index contributed by atoms with van der Waals surface area (Å²) in [5.74, 6) is 2.22. The maximum Gasteiger partial charge on any atom is 0.302 e. The molecule has 5 rings (SSSR count). The Kier molecular flexibility index (Phi) is 6.64. The Morgan fingerprint density at radius 3 is 2.22 bits per heavy atom. The lowest BCUT2D eigenvalue weighted by molar-refractivity contribution is -0.0932. The number of ether oxygens (including phenoxy) is 2. The van der Waals surface area contributed by atoms with Gasteiger partial charge in [-0.05, 0) is 28.5 Å². The van der Waals surface area contributed by atoms with Gasteiger partial charge in [0.1, 0.15) is 13.2 Å². The molecule has 3 heterocycles. The van der Waals surface area contributed by atoms with Crippen LogP contribution in [-0.2, 0) is 11.4 Å². The summed E-state index contributed by atoms with van der Waals surface area (Å²) < 4.78 is 11.2. The molecule has 2 aromatic heterocycles. The zero-order valence-electron chi connectivity index (χ0n) is 21.5. The van der Waals surface area contributed by atoms with E-state index in [1.807, 2.05) is 25.1 Å². The number of hydroxylamine groups is 2. The minimum Gasteiger partial charge on any atom is -0.478 e. The topological polar surface area (TPSA) is 120 Å². The number of aromatic nitrogens is 6. The van der Waals surface area contributed by atoms with Crippen LogP contribution in [0, 0.1) is 5.92 Å². The molecule has 190 valence electrons. The van der Waals surface area contributed by atoms with E-state index in [4.69, 9.17) is 19.3 Å². The van der Waals surface area contributed by atoms with Crippen LogP contribution in [0.4, 0.5) is 11.4 Å². The first kappa shape index (κ1) is 24.5. The molecule has 1 aliphatic heterocycles. The smallest absolute Gasteiger partial charge is 0.302 e. The number of rotatable bonds is 9. The van der Waals surface area contributed by atoms with Crippen LogP contribution in [0.5, 0.6) is 11.8 Å². The van der Waals surface area contributed by atoms with Gasteiger partial charge in [-0.2, -0.15) is 9.83 Å². The molecule has 1 atom stereocenters. The fourth-order valence-electron chi connectivity index (χ4n) is 4.76. The molecule has 2 aromatic carbocycles. The number of H-pyrrole nitrogens is 1. The Balaban J connectivity index is 1.57. The van der Waals surface area contributed by atoms with Crippen LogP contribution in [0.3, 0.4) is 0 Å². The predicted octanol–water partition coefficient (Wildman–Crippen LogP) is 4.50. The highest BCUT2D eigenvalue weighted by molar-refractivity contribution is 6.04. The molecule has 1 unspecified atom stereocenters.